The smallest absolute Gasteiger partial charge is 0.135 e. The highest BCUT2D eigenvalue weighted by atomic mass is 35.5. The highest BCUT2D eigenvalue weighted by Crippen LogP contribution is 2.29. The van der Waals surface area contributed by atoms with Gasteiger partial charge in [-0.05, 0) is 30.3 Å². The van der Waals surface area contributed by atoms with Gasteiger partial charge in [-0.3, -0.25) is 4.99 Å². The van der Waals surface area contributed by atoms with Crippen LogP contribution in [0, 0.1) is 5.82 Å². The van der Waals surface area contributed by atoms with Gasteiger partial charge in [0, 0.05) is 22.3 Å². The molecule has 4 nitrogen and oxygen atoms in total. The zero-order valence-electron chi connectivity index (χ0n) is 15.6. The average molecular weight is 384 g/mol. The number of benzene rings is 2. The van der Waals surface area contributed by atoms with Gasteiger partial charge in [0.1, 0.15) is 23.9 Å². The van der Waals surface area contributed by atoms with Gasteiger partial charge in [0.2, 0.25) is 0 Å². The van der Waals surface area contributed by atoms with Gasteiger partial charge in [0.25, 0.3) is 0 Å². The van der Waals surface area contributed by atoms with E-state index in [1.54, 1.807) is 12.1 Å². The number of halogens is 2. The van der Waals surface area contributed by atoms with Crippen molar-refractivity contribution in [3.8, 4) is 5.69 Å². The van der Waals surface area contributed by atoms with Crippen LogP contribution in [0.2, 0.25) is 5.02 Å². The largest absolute Gasteiger partial charge is 0.326 e. The van der Waals surface area contributed by atoms with E-state index in [9.17, 15) is 4.39 Å². The lowest BCUT2D eigenvalue weighted by Gasteiger charge is -2.22. The third kappa shape index (κ3) is 3.53. The summed E-state index contributed by atoms with van der Waals surface area (Å²) in [5.74, 6) is 0.542. The Morgan fingerprint density at radius 1 is 1.11 bits per heavy atom. The maximum Gasteiger partial charge on any atom is 0.135 e. The molecular formula is C21H21ClFN4+. The molecule has 3 aromatic rings. The second kappa shape index (κ2) is 6.59. The molecule has 2 aromatic carbocycles. The molecule has 4 rings (SSSR count). The van der Waals surface area contributed by atoms with Gasteiger partial charge in [-0.2, -0.15) is 0 Å². The minimum atomic E-state index is -0.299. The summed E-state index contributed by atoms with van der Waals surface area (Å²) in [4.78, 5) is 9.50. The van der Waals surface area contributed by atoms with Crippen LogP contribution < -0.4 is 0 Å². The van der Waals surface area contributed by atoms with Crippen molar-refractivity contribution in [2.75, 3.05) is 21.1 Å². The Morgan fingerprint density at radius 3 is 2.63 bits per heavy atom. The maximum absolute atomic E-state index is 14.5. The molecule has 0 fully saturated rings. The van der Waals surface area contributed by atoms with Crippen molar-refractivity contribution >= 4 is 17.3 Å². The minimum absolute atomic E-state index is 0.299. The highest BCUT2D eigenvalue weighted by molar-refractivity contribution is 6.31. The van der Waals surface area contributed by atoms with Crippen LogP contribution in [-0.4, -0.2) is 40.9 Å². The molecule has 0 N–H and O–H groups in total. The van der Waals surface area contributed by atoms with Gasteiger partial charge in [0.05, 0.1) is 39.1 Å². The Balaban J connectivity index is 1.89. The van der Waals surface area contributed by atoms with Gasteiger partial charge >= 0.3 is 0 Å². The van der Waals surface area contributed by atoms with E-state index in [0.717, 1.165) is 33.8 Å². The van der Waals surface area contributed by atoms with Gasteiger partial charge in [-0.25, -0.2) is 9.37 Å². The summed E-state index contributed by atoms with van der Waals surface area (Å²) in [5.41, 5.74) is 3.79. The first-order chi connectivity index (χ1) is 12.8. The molecule has 0 saturated heterocycles. The lowest BCUT2D eigenvalue weighted by atomic mass is 10.00. The van der Waals surface area contributed by atoms with Crippen molar-refractivity contribution in [2.45, 2.75) is 13.1 Å². The number of hydrogen-bond donors (Lipinski definition) is 0. The van der Waals surface area contributed by atoms with Crippen molar-refractivity contribution < 1.29 is 8.87 Å². The zero-order valence-corrected chi connectivity index (χ0v) is 16.3. The second-order valence-corrected chi connectivity index (χ2v) is 8.21. The quantitative estimate of drug-likeness (QED) is 0.623. The fraction of sp³-hybridized carbons (Fsp3) is 0.238. The summed E-state index contributed by atoms with van der Waals surface area (Å²) in [6.07, 6.45) is 2.05. The lowest BCUT2D eigenvalue weighted by Crippen LogP contribution is -2.33. The molecule has 0 unspecified atom stereocenters. The molecule has 0 radical (unpaired) electrons. The van der Waals surface area contributed by atoms with Crippen LogP contribution in [0.4, 0.5) is 4.39 Å². The fourth-order valence-electron chi connectivity index (χ4n) is 3.38. The van der Waals surface area contributed by atoms with E-state index in [0.29, 0.717) is 22.8 Å². The van der Waals surface area contributed by atoms with E-state index in [2.05, 4.69) is 21.1 Å². The summed E-state index contributed by atoms with van der Waals surface area (Å²) in [5, 5.41) is 0.591. The van der Waals surface area contributed by atoms with Gasteiger partial charge in [0.15, 0.2) is 0 Å². The number of imidazole rings is 1. The SMILES string of the molecule is C[N+](C)(C)Cc1cn2c(n1)CN=C(c1ccccc1F)c1cc(Cl)ccc1-2. The first kappa shape index (κ1) is 17.9. The Morgan fingerprint density at radius 2 is 1.89 bits per heavy atom. The van der Waals surface area contributed by atoms with Crippen LogP contribution in [0.3, 0.4) is 0 Å². The molecule has 0 bridgehead atoms. The van der Waals surface area contributed by atoms with Crippen molar-refractivity contribution in [3.63, 3.8) is 0 Å². The normalized spacial score (nSPS) is 13.6. The number of fused-ring (bicyclic) bond motifs is 3. The number of quaternary nitrogens is 1. The summed E-state index contributed by atoms with van der Waals surface area (Å²) < 4.78 is 17.3. The number of aliphatic imine (C=N–C) groups is 1. The molecule has 0 aliphatic carbocycles. The number of hydrogen-bond acceptors (Lipinski definition) is 2. The number of nitrogens with zero attached hydrogens (tertiary/aromatic N) is 4. The summed E-state index contributed by atoms with van der Waals surface area (Å²) in [7, 11) is 6.39. The van der Waals surface area contributed by atoms with E-state index in [-0.39, 0.29) is 5.82 Å². The van der Waals surface area contributed by atoms with E-state index >= 15 is 0 Å². The Labute approximate surface area is 163 Å². The standard InChI is InChI=1S/C21H21ClFN4/c1-27(2,3)13-15-12-26-19-9-8-14(22)10-17(19)21(24-11-20(26)25-15)16-6-4-5-7-18(16)23/h4-10,12H,11,13H2,1-3H3/q+1. The molecule has 27 heavy (non-hydrogen) atoms. The van der Waals surface area contributed by atoms with Crippen LogP contribution in [0.1, 0.15) is 22.6 Å². The van der Waals surface area contributed by atoms with Crippen LogP contribution in [0.15, 0.2) is 53.7 Å². The van der Waals surface area contributed by atoms with Crippen LogP contribution in [0.25, 0.3) is 5.69 Å². The third-order valence-corrected chi connectivity index (χ3v) is 4.68. The predicted molar refractivity (Wildman–Crippen MR) is 106 cm³/mol. The van der Waals surface area contributed by atoms with E-state index < -0.39 is 0 Å². The van der Waals surface area contributed by atoms with Crippen LogP contribution >= 0.6 is 11.6 Å². The third-order valence-electron chi connectivity index (χ3n) is 4.45. The van der Waals surface area contributed by atoms with E-state index in [1.165, 1.54) is 6.07 Å². The number of aromatic nitrogens is 2. The molecule has 0 spiro atoms. The molecule has 1 aromatic heterocycles. The minimum Gasteiger partial charge on any atom is -0.326 e. The molecule has 0 atom stereocenters. The zero-order chi connectivity index (χ0) is 19.2. The number of rotatable bonds is 3. The molecule has 1 aliphatic rings. The fourth-order valence-corrected chi connectivity index (χ4v) is 3.55. The van der Waals surface area contributed by atoms with E-state index in [4.69, 9.17) is 21.6 Å². The van der Waals surface area contributed by atoms with Crippen molar-refractivity contribution in [3.05, 3.63) is 82.1 Å². The molecule has 0 amide bonds. The van der Waals surface area contributed by atoms with E-state index in [1.807, 2.05) is 35.0 Å². The Bertz CT molecular complexity index is 1050. The van der Waals surface area contributed by atoms with Gasteiger partial charge in [-0.1, -0.05) is 23.7 Å². The summed E-state index contributed by atoms with van der Waals surface area (Å²) in [6, 6.07) is 12.3. The van der Waals surface area contributed by atoms with Crippen LogP contribution in [0.5, 0.6) is 0 Å². The summed E-state index contributed by atoms with van der Waals surface area (Å²) >= 11 is 6.27. The van der Waals surface area contributed by atoms with Gasteiger partial charge < -0.3 is 9.05 Å². The Kier molecular flexibility index (Phi) is 4.36. The first-order valence-electron chi connectivity index (χ1n) is 8.79. The van der Waals surface area contributed by atoms with Crippen molar-refractivity contribution in [2.24, 2.45) is 4.99 Å². The average Bonchev–Trinajstić information content (AvgIpc) is 2.91. The first-order valence-corrected chi connectivity index (χ1v) is 9.17. The van der Waals surface area contributed by atoms with Gasteiger partial charge in [-0.15, -0.1) is 0 Å². The maximum atomic E-state index is 14.5. The van der Waals surface area contributed by atoms with Crippen molar-refractivity contribution in [1.82, 2.24) is 9.55 Å². The molecular weight excluding hydrogens is 363 g/mol. The molecule has 1 aliphatic heterocycles. The van der Waals surface area contributed by atoms with Crippen molar-refractivity contribution in [1.29, 1.82) is 0 Å². The lowest BCUT2D eigenvalue weighted by molar-refractivity contribution is -0.884. The molecule has 2 heterocycles. The predicted octanol–water partition coefficient (Wildman–Crippen LogP) is 4.22. The Hall–Kier alpha value is -2.50. The molecule has 6 heteroatoms. The van der Waals surface area contributed by atoms with Crippen LogP contribution in [-0.2, 0) is 13.1 Å². The highest BCUT2D eigenvalue weighted by Gasteiger charge is 2.23. The second-order valence-electron chi connectivity index (χ2n) is 7.77. The molecule has 138 valence electrons. The topological polar surface area (TPSA) is 30.2 Å². The summed E-state index contributed by atoms with van der Waals surface area (Å²) in [6.45, 7) is 1.19. The molecule has 0 saturated carbocycles. The monoisotopic (exact) mass is 383 g/mol.